The van der Waals surface area contributed by atoms with Gasteiger partial charge in [0.25, 0.3) is 0 Å². The summed E-state index contributed by atoms with van der Waals surface area (Å²) < 4.78 is 3.89. The van der Waals surface area contributed by atoms with Crippen LogP contribution < -0.4 is 5.32 Å². The first kappa shape index (κ1) is 18.4. The fourth-order valence-corrected chi connectivity index (χ4v) is 3.86. The molecule has 0 bridgehead atoms. The van der Waals surface area contributed by atoms with Crippen molar-refractivity contribution in [1.29, 1.82) is 0 Å². The van der Waals surface area contributed by atoms with Gasteiger partial charge in [-0.1, -0.05) is 6.92 Å². The fraction of sp³-hybridized carbons (Fsp3) is 0.526. The van der Waals surface area contributed by atoms with Gasteiger partial charge in [-0.05, 0) is 26.7 Å². The van der Waals surface area contributed by atoms with E-state index >= 15 is 0 Å². The maximum absolute atomic E-state index is 12.6. The molecule has 0 unspecified atom stereocenters. The Kier molecular flexibility index (Phi) is 4.74. The zero-order valence-corrected chi connectivity index (χ0v) is 16.8. The number of aryl methyl sites for hydroxylation is 2. The summed E-state index contributed by atoms with van der Waals surface area (Å²) in [5, 5.41) is 7.73. The Morgan fingerprint density at radius 3 is 2.82 bits per heavy atom. The molecule has 28 heavy (non-hydrogen) atoms. The van der Waals surface area contributed by atoms with Gasteiger partial charge in [-0.2, -0.15) is 5.10 Å². The van der Waals surface area contributed by atoms with E-state index in [1.807, 2.05) is 34.3 Å². The summed E-state index contributed by atoms with van der Waals surface area (Å²) in [4.78, 5) is 28.1. The fourth-order valence-electron chi connectivity index (χ4n) is 3.86. The predicted molar refractivity (Wildman–Crippen MR) is 107 cm³/mol. The normalized spacial score (nSPS) is 17.1. The number of hydrogen-bond acceptors (Lipinski definition) is 6. The van der Waals surface area contributed by atoms with E-state index < -0.39 is 0 Å². The van der Waals surface area contributed by atoms with Gasteiger partial charge in [0.05, 0.1) is 11.8 Å². The summed E-state index contributed by atoms with van der Waals surface area (Å²) in [5.41, 5.74) is 3.43. The highest BCUT2D eigenvalue weighted by atomic mass is 16.2. The van der Waals surface area contributed by atoms with Crippen LogP contribution in [0.1, 0.15) is 32.4 Å². The van der Waals surface area contributed by atoms with Crippen LogP contribution in [0, 0.1) is 6.92 Å². The van der Waals surface area contributed by atoms with Gasteiger partial charge in [0, 0.05) is 32.4 Å². The zero-order valence-electron chi connectivity index (χ0n) is 16.8. The summed E-state index contributed by atoms with van der Waals surface area (Å²) in [6, 6.07) is -0.264. The van der Waals surface area contributed by atoms with Crippen molar-refractivity contribution in [3.05, 3.63) is 18.2 Å². The lowest BCUT2D eigenvalue weighted by molar-refractivity contribution is -0.128. The van der Waals surface area contributed by atoms with Crippen molar-refractivity contribution in [3.8, 4) is 11.4 Å². The second-order valence-corrected chi connectivity index (χ2v) is 7.16. The van der Waals surface area contributed by atoms with Crippen molar-refractivity contribution in [2.75, 3.05) is 18.4 Å². The van der Waals surface area contributed by atoms with Gasteiger partial charge >= 0.3 is 0 Å². The van der Waals surface area contributed by atoms with Crippen molar-refractivity contribution < 1.29 is 4.79 Å². The topological polar surface area (TPSA) is 93.8 Å². The van der Waals surface area contributed by atoms with Crippen LogP contribution in [0.2, 0.25) is 0 Å². The number of amides is 1. The third-order valence-electron chi connectivity index (χ3n) is 5.40. The molecule has 4 heterocycles. The monoisotopic (exact) mass is 382 g/mol. The lowest BCUT2D eigenvalue weighted by atomic mass is 10.2. The number of aromatic nitrogens is 6. The standard InChI is InChI=1S/C19H26N8O/c1-5-8-26-9-7-14(19(26)28)23-16-15-18(21-11-20-16)25(4)17(24-15)13-10-22-27(6-2)12(13)3/h10-11,14H,5-9H2,1-4H3,(H,20,21,23)/t14-/m1/s1. The Morgan fingerprint density at radius 1 is 1.29 bits per heavy atom. The average molecular weight is 382 g/mol. The van der Waals surface area contributed by atoms with E-state index in [0.717, 1.165) is 55.2 Å². The summed E-state index contributed by atoms with van der Waals surface area (Å²) in [6.07, 6.45) is 5.09. The molecule has 148 valence electrons. The molecular formula is C19H26N8O. The molecule has 3 aromatic heterocycles. The molecule has 0 aromatic carbocycles. The van der Waals surface area contributed by atoms with Crippen molar-refractivity contribution >= 4 is 22.9 Å². The number of fused-ring (bicyclic) bond motifs is 1. The number of imidazole rings is 1. The van der Waals surface area contributed by atoms with Crippen molar-refractivity contribution in [2.45, 2.75) is 46.2 Å². The van der Waals surface area contributed by atoms with Gasteiger partial charge in [-0.15, -0.1) is 0 Å². The minimum Gasteiger partial charge on any atom is -0.356 e. The Labute approximate surface area is 163 Å². The highest BCUT2D eigenvalue weighted by Crippen LogP contribution is 2.28. The van der Waals surface area contributed by atoms with Gasteiger partial charge in [-0.25, -0.2) is 15.0 Å². The van der Waals surface area contributed by atoms with E-state index in [2.05, 4.69) is 34.2 Å². The Balaban J connectivity index is 1.69. The van der Waals surface area contributed by atoms with E-state index in [0.29, 0.717) is 11.3 Å². The number of anilines is 1. The van der Waals surface area contributed by atoms with Crippen LogP contribution in [0.3, 0.4) is 0 Å². The Hall–Kier alpha value is -2.97. The smallest absolute Gasteiger partial charge is 0.245 e. The van der Waals surface area contributed by atoms with E-state index in [4.69, 9.17) is 4.98 Å². The van der Waals surface area contributed by atoms with Gasteiger partial charge in [-0.3, -0.25) is 9.48 Å². The molecule has 0 radical (unpaired) electrons. The van der Waals surface area contributed by atoms with E-state index in [1.54, 1.807) is 0 Å². The predicted octanol–water partition coefficient (Wildman–Crippen LogP) is 1.98. The Morgan fingerprint density at radius 2 is 2.11 bits per heavy atom. The molecule has 1 saturated heterocycles. The Bertz CT molecular complexity index is 1020. The minimum absolute atomic E-state index is 0.129. The van der Waals surface area contributed by atoms with Crippen LogP contribution in [0.15, 0.2) is 12.5 Å². The lowest BCUT2D eigenvalue weighted by Crippen LogP contribution is -2.34. The number of nitrogens with one attached hydrogen (secondary N) is 1. The van der Waals surface area contributed by atoms with Crippen LogP contribution in [0.4, 0.5) is 5.82 Å². The highest BCUT2D eigenvalue weighted by Gasteiger charge is 2.32. The first-order valence-corrected chi connectivity index (χ1v) is 9.80. The maximum Gasteiger partial charge on any atom is 0.245 e. The molecule has 1 aliphatic rings. The molecule has 4 rings (SSSR count). The van der Waals surface area contributed by atoms with Crippen LogP contribution in [0.25, 0.3) is 22.6 Å². The largest absolute Gasteiger partial charge is 0.356 e. The maximum atomic E-state index is 12.6. The van der Waals surface area contributed by atoms with Gasteiger partial charge in [0.15, 0.2) is 17.0 Å². The van der Waals surface area contributed by atoms with Crippen molar-refractivity contribution in [2.24, 2.45) is 7.05 Å². The summed E-state index contributed by atoms with van der Waals surface area (Å²) in [5.74, 6) is 1.52. The number of nitrogens with zero attached hydrogens (tertiary/aromatic N) is 7. The van der Waals surface area contributed by atoms with Crippen molar-refractivity contribution in [3.63, 3.8) is 0 Å². The molecule has 1 amide bonds. The molecule has 9 nitrogen and oxygen atoms in total. The van der Waals surface area contributed by atoms with Gasteiger partial charge in [0.2, 0.25) is 5.91 Å². The minimum atomic E-state index is -0.264. The van der Waals surface area contributed by atoms with E-state index in [9.17, 15) is 4.79 Å². The van der Waals surface area contributed by atoms with Crippen LogP contribution >= 0.6 is 0 Å². The summed E-state index contributed by atoms with van der Waals surface area (Å²) >= 11 is 0. The number of carbonyl (C=O) groups excluding carboxylic acids is 1. The van der Waals surface area contributed by atoms with Gasteiger partial charge in [0.1, 0.15) is 18.2 Å². The molecule has 1 atom stereocenters. The van der Waals surface area contributed by atoms with Crippen LogP contribution in [-0.2, 0) is 18.4 Å². The van der Waals surface area contributed by atoms with Gasteiger partial charge < -0.3 is 14.8 Å². The first-order chi connectivity index (χ1) is 13.5. The number of likely N-dealkylation sites (tertiary alicyclic amines) is 1. The average Bonchev–Trinajstić information content (AvgIpc) is 3.34. The molecule has 1 fully saturated rings. The second kappa shape index (κ2) is 7.21. The van der Waals surface area contributed by atoms with E-state index in [1.165, 1.54) is 6.33 Å². The quantitative estimate of drug-likeness (QED) is 0.701. The zero-order chi connectivity index (χ0) is 19.8. The molecule has 3 aromatic rings. The first-order valence-electron chi connectivity index (χ1n) is 9.80. The molecule has 0 saturated carbocycles. The molecule has 1 aliphatic heterocycles. The lowest BCUT2D eigenvalue weighted by Gasteiger charge is -2.16. The number of rotatable bonds is 6. The highest BCUT2D eigenvalue weighted by molar-refractivity contribution is 5.91. The molecule has 0 aliphatic carbocycles. The molecule has 1 N–H and O–H groups in total. The SMILES string of the molecule is CCCN1CC[C@@H](Nc2ncnc3c2nc(-c2cnn(CC)c2C)n3C)C1=O. The van der Waals surface area contributed by atoms with E-state index in [-0.39, 0.29) is 11.9 Å². The third kappa shape index (κ3) is 2.90. The number of carbonyl (C=O) groups is 1. The summed E-state index contributed by atoms with van der Waals surface area (Å²) in [6.45, 7) is 8.56. The van der Waals surface area contributed by atoms with Crippen LogP contribution in [0.5, 0.6) is 0 Å². The molecule has 0 spiro atoms. The molecule has 9 heteroatoms. The van der Waals surface area contributed by atoms with Crippen LogP contribution in [-0.4, -0.2) is 59.2 Å². The third-order valence-corrected chi connectivity index (χ3v) is 5.40. The number of hydrogen-bond donors (Lipinski definition) is 1. The molecular weight excluding hydrogens is 356 g/mol. The second-order valence-electron chi connectivity index (χ2n) is 7.16. The van der Waals surface area contributed by atoms with Crippen molar-refractivity contribution in [1.82, 2.24) is 34.2 Å². The summed E-state index contributed by atoms with van der Waals surface area (Å²) in [7, 11) is 1.94.